The van der Waals surface area contributed by atoms with Crippen LogP contribution in [0, 0.1) is 5.82 Å². The number of benzene rings is 2. The van der Waals surface area contributed by atoms with Crippen molar-refractivity contribution in [2.75, 3.05) is 0 Å². The Morgan fingerprint density at radius 1 is 0.933 bits per heavy atom. The van der Waals surface area contributed by atoms with Crippen molar-refractivity contribution in [3.8, 4) is 5.75 Å². The van der Waals surface area contributed by atoms with Crippen LogP contribution in [0.25, 0.3) is 0 Å². The molecule has 1 nitrogen and oxygen atoms in total. The lowest BCUT2D eigenvalue weighted by Gasteiger charge is -2.04. The lowest BCUT2D eigenvalue weighted by molar-refractivity contribution is 0.579. The molecule has 15 heavy (non-hydrogen) atoms. The van der Waals surface area contributed by atoms with Crippen LogP contribution in [0.15, 0.2) is 54.6 Å². The third-order valence-corrected chi connectivity index (χ3v) is 1.93. The molecule has 0 spiro atoms. The van der Waals surface area contributed by atoms with Gasteiger partial charge in [-0.15, -0.1) is 0 Å². The van der Waals surface area contributed by atoms with Gasteiger partial charge in [0.15, 0.2) is 0 Å². The summed E-state index contributed by atoms with van der Waals surface area (Å²) in [5.74, 6) is 0.202. The first kappa shape index (κ1) is 9.78. The van der Waals surface area contributed by atoms with Crippen LogP contribution in [-0.2, 0) is 0 Å². The molecule has 0 amide bonds. The van der Waals surface area contributed by atoms with E-state index in [9.17, 15) is 4.39 Å². The predicted octanol–water partition coefficient (Wildman–Crippen LogP) is 2.15. The molecule has 0 aromatic heterocycles. The molecule has 0 aliphatic rings. The summed E-state index contributed by atoms with van der Waals surface area (Å²) in [6.45, 7) is 0. The van der Waals surface area contributed by atoms with E-state index in [4.69, 9.17) is 4.65 Å². The van der Waals surface area contributed by atoms with Crippen LogP contribution in [0.2, 0.25) is 0 Å². The van der Waals surface area contributed by atoms with Gasteiger partial charge in [0.2, 0.25) is 0 Å². The third kappa shape index (κ3) is 2.84. The van der Waals surface area contributed by atoms with E-state index in [1.54, 1.807) is 19.6 Å². The summed E-state index contributed by atoms with van der Waals surface area (Å²) in [6, 6.07) is 15.7. The maximum atomic E-state index is 12.8. The molecule has 0 N–H and O–H groups in total. The number of rotatable bonds is 3. The van der Waals surface area contributed by atoms with Crippen LogP contribution >= 0.6 is 0 Å². The van der Waals surface area contributed by atoms with Gasteiger partial charge in [0.05, 0.1) is 0 Å². The lowest BCUT2D eigenvalue weighted by atomic mass is 9.88. The van der Waals surface area contributed by atoms with E-state index in [0.717, 1.165) is 5.46 Å². The standard InChI is InChI=1S/C12H9BFO/c14-11-7-4-8-12(9-11)15-13-10-5-2-1-3-6-10/h1-9H. The Morgan fingerprint density at radius 3 is 2.47 bits per heavy atom. The zero-order chi connectivity index (χ0) is 10.5. The first-order chi connectivity index (χ1) is 7.34. The van der Waals surface area contributed by atoms with E-state index < -0.39 is 0 Å². The van der Waals surface area contributed by atoms with Crippen LogP contribution in [0.3, 0.4) is 0 Å². The van der Waals surface area contributed by atoms with E-state index >= 15 is 0 Å². The van der Waals surface area contributed by atoms with E-state index in [0.29, 0.717) is 5.75 Å². The molecule has 2 rings (SSSR count). The molecule has 73 valence electrons. The summed E-state index contributed by atoms with van der Waals surface area (Å²) in [4.78, 5) is 0. The van der Waals surface area contributed by atoms with E-state index in [2.05, 4.69) is 0 Å². The Bertz CT molecular complexity index is 431. The number of hydrogen-bond acceptors (Lipinski definition) is 1. The Hall–Kier alpha value is -1.77. The highest BCUT2D eigenvalue weighted by molar-refractivity contribution is 6.47. The predicted molar refractivity (Wildman–Crippen MR) is 58.9 cm³/mol. The molecule has 0 aliphatic carbocycles. The molecule has 2 aromatic rings. The Labute approximate surface area is 88.8 Å². The normalized spacial score (nSPS) is 9.67. The van der Waals surface area contributed by atoms with Crippen LogP contribution in [0.4, 0.5) is 4.39 Å². The molecular formula is C12H9BFO. The monoisotopic (exact) mass is 199 g/mol. The molecule has 0 aliphatic heterocycles. The van der Waals surface area contributed by atoms with Gasteiger partial charge in [-0.05, 0) is 17.6 Å². The second-order valence-corrected chi connectivity index (χ2v) is 3.10. The fraction of sp³-hybridized carbons (Fsp3) is 0. The van der Waals surface area contributed by atoms with Crippen molar-refractivity contribution in [3.63, 3.8) is 0 Å². The Balaban J connectivity index is 1.99. The van der Waals surface area contributed by atoms with Crippen molar-refractivity contribution in [2.24, 2.45) is 0 Å². The summed E-state index contributed by atoms with van der Waals surface area (Å²) in [6.07, 6.45) is 0. The summed E-state index contributed by atoms with van der Waals surface area (Å²) in [5.41, 5.74) is 0.946. The smallest absolute Gasteiger partial charge is 0.408 e. The number of hydrogen-bond donors (Lipinski definition) is 0. The van der Waals surface area contributed by atoms with Gasteiger partial charge in [0.25, 0.3) is 0 Å². The minimum absolute atomic E-state index is 0.297. The average molecular weight is 199 g/mol. The van der Waals surface area contributed by atoms with Crippen LogP contribution in [0.5, 0.6) is 5.75 Å². The summed E-state index contributed by atoms with van der Waals surface area (Å²) < 4.78 is 18.1. The molecular weight excluding hydrogens is 190 g/mol. The van der Waals surface area contributed by atoms with Gasteiger partial charge in [0, 0.05) is 6.07 Å². The van der Waals surface area contributed by atoms with Crippen molar-refractivity contribution >= 4 is 12.9 Å². The maximum absolute atomic E-state index is 12.8. The zero-order valence-electron chi connectivity index (χ0n) is 8.06. The molecule has 0 heterocycles. The van der Waals surface area contributed by atoms with Crippen LogP contribution in [0.1, 0.15) is 0 Å². The van der Waals surface area contributed by atoms with Gasteiger partial charge in [0.1, 0.15) is 11.6 Å². The molecule has 0 bridgehead atoms. The topological polar surface area (TPSA) is 9.23 Å². The van der Waals surface area contributed by atoms with Crippen LogP contribution < -0.4 is 10.1 Å². The van der Waals surface area contributed by atoms with Crippen molar-refractivity contribution in [1.82, 2.24) is 0 Å². The highest BCUT2D eigenvalue weighted by Gasteiger charge is 1.99. The van der Waals surface area contributed by atoms with Crippen molar-refractivity contribution in [2.45, 2.75) is 0 Å². The molecule has 0 saturated carbocycles. The maximum Gasteiger partial charge on any atom is 0.408 e. The molecule has 3 heteroatoms. The molecule has 0 unspecified atom stereocenters. The first-order valence-electron chi connectivity index (χ1n) is 4.65. The molecule has 0 atom stereocenters. The summed E-state index contributed by atoms with van der Waals surface area (Å²) in [7, 11) is 1.59. The minimum Gasteiger partial charge on any atom is -0.558 e. The van der Waals surface area contributed by atoms with Gasteiger partial charge in [-0.2, -0.15) is 0 Å². The zero-order valence-corrected chi connectivity index (χ0v) is 8.06. The van der Waals surface area contributed by atoms with Gasteiger partial charge >= 0.3 is 7.48 Å². The minimum atomic E-state index is -0.297. The first-order valence-corrected chi connectivity index (χ1v) is 4.65. The molecule has 0 saturated heterocycles. The van der Waals surface area contributed by atoms with Crippen molar-refractivity contribution in [3.05, 3.63) is 60.4 Å². The number of halogens is 1. The van der Waals surface area contributed by atoms with Gasteiger partial charge in [-0.3, -0.25) is 0 Å². The Morgan fingerprint density at radius 2 is 1.73 bits per heavy atom. The summed E-state index contributed by atoms with van der Waals surface area (Å²) in [5, 5.41) is 0. The molecule has 0 fully saturated rings. The van der Waals surface area contributed by atoms with Gasteiger partial charge < -0.3 is 4.65 Å². The largest absolute Gasteiger partial charge is 0.558 e. The SMILES string of the molecule is Fc1cccc(O[B]c2ccccc2)c1. The van der Waals surface area contributed by atoms with Crippen LogP contribution in [-0.4, -0.2) is 7.48 Å². The third-order valence-electron chi connectivity index (χ3n) is 1.93. The fourth-order valence-corrected chi connectivity index (χ4v) is 1.21. The summed E-state index contributed by atoms with van der Waals surface area (Å²) >= 11 is 0. The highest BCUT2D eigenvalue weighted by atomic mass is 19.1. The van der Waals surface area contributed by atoms with E-state index in [-0.39, 0.29) is 5.82 Å². The van der Waals surface area contributed by atoms with Gasteiger partial charge in [-0.25, -0.2) is 4.39 Å². The second-order valence-electron chi connectivity index (χ2n) is 3.10. The molecule has 1 radical (unpaired) electrons. The quantitative estimate of drug-likeness (QED) is 0.688. The Kier molecular flexibility index (Phi) is 3.03. The average Bonchev–Trinajstić information content (AvgIpc) is 2.28. The molecule has 2 aromatic carbocycles. The van der Waals surface area contributed by atoms with Crippen molar-refractivity contribution < 1.29 is 9.04 Å². The second kappa shape index (κ2) is 4.64. The van der Waals surface area contributed by atoms with Gasteiger partial charge in [-0.1, -0.05) is 36.4 Å². The van der Waals surface area contributed by atoms with E-state index in [1.165, 1.54) is 12.1 Å². The van der Waals surface area contributed by atoms with Crippen molar-refractivity contribution in [1.29, 1.82) is 0 Å². The van der Waals surface area contributed by atoms with E-state index in [1.807, 2.05) is 30.3 Å². The fourth-order valence-electron chi connectivity index (χ4n) is 1.21. The highest BCUT2D eigenvalue weighted by Crippen LogP contribution is 2.10. The lowest BCUT2D eigenvalue weighted by Crippen LogP contribution is -2.19.